The predicted molar refractivity (Wildman–Crippen MR) is 331 cm³/mol. The van der Waals surface area contributed by atoms with Crippen molar-refractivity contribution < 1.29 is 39.3 Å². The molecule has 0 fully saturated rings. The van der Waals surface area contributed by atoms with Crippen molar-refractivity contribution in [3.63, 3.8) is 0 Å². The third-order valence-electron chi connectivity index (χ3n) is 10.2. The average Bonchev–Trinajstić information content (AvgIpc) is 3.41. The molecule has 8 aromatic rings. The van der Waals surface area contributed by atoms with Crippen LogP contribution in [0.4, 0.5) is 0 Å². The van der Waals surface area contributed by atoms with E-state index >= 15 is 0 Å². The Morgan fingerprint density at radius 3 is 0.653 bits per heavy atom. The number of hydrogen-bond donors (Lipinski definition) is 0. The van der Waals surface area contributed by atoms with Gasteiger partial charge in [-0.25, -0.2) is 0 Å². The molecule has 0 unspecified atom stereocenters. The molecule has 8 aromatic carbocycles. The molecule has 0 amide bonds. The number of rotatable bonds is 14. The Bertz CT molecular complexity index is 2250. The maximum Gasteiger partial charge on any atom is 2.00 e. The molecule has 75 heavy (non-hydrogen) atoms. The smallest absolute Gasteiger partial charge is 0.876 e. The third-order valence-corrected chi connectivity index (χ3v) is 23.1. The van der Waals surface area contributed by atoms with Crippen molar-refractivity contribution in [1.82, 2.24) is 0 Å². The minimum atomic E-state index is -0.864. The van der Waals surface area contributed by atoms with E-state index in [0.29, 0.717) is 0 Å². The van der Waals surface area contributed by atoms with Crippen molar-refractivity contribution in [3.05, 3.63) is 266 Å². The maximum absolute atomic E-state index is 9.98. The summed E-state index contributed by atoms with van der Waals surface area (Å²) in [5.74, 6) is 1.67. The fourth-order valence-corrected chi connectivity index (χ4v) is 21.4. The summed E-state index contributed by atoms with van der Waals surface area (Å²) in [5, 5.41) is 32.2. The van der Waals surface area contributed by atoms with Gasteiger partial charge in [-0.15, -0.1) is 57.9 Å². The summed E-state index contributed by atoms with van der Waals surface area (Å²) in [6, 6.07) is 88.6. The summed E-state index contributed by atoms with van der Waals surface area (Å²) in [7, 11) is -2.51. The minimum Gasteiger partial charge on any atom is -0.876 e. The van der Waals surface area contributed by atoms with Crippen LogP contribution in [0, 0.1) is 0 Å². The van der Waals surface area contributed by atoms with Gasteiger partial charge in [0.1, 0.15) is 0 Å². The van der Waals surface area contributed by atoms with Crippen LogP contribution in [0.25, 0.3) is 0 Å². The summed E-state index contributed by atoms with van der Waals surface area (Å²) in [5.41, 5.74) is 0. The molecule has 0 heterocycles. The van der Waals surface area contributed by atoms with Crippen LogP contribution >= 0.6 is 78.1 Å². The molecule has 8 rings (SSSR count). The molecular formula is C62H64Cl4O4P4Ru+2. The summed E-state index contributed by atoms with van der Waals surface area (Å²) in [6.45, 7) is 5.39. The van der Waals surface area contributed by atoms with Crippen LogP contribution in [0.1, 0.15) is 27.7 Å². The number of alkyl halides is 4. The molecule has 0 saturated carbocycles. The third kappa shape index (κ3) is 27.5. The molecule has 0 aliphatic rings. The zero-order valence-corrected chi connectivity index (χ0v) is 51.0. The summed E-state index contributed by atoms with van der Waals surface area (Å²) < 4.78 is 0. The molecule has 0 bridgehead atoms. The van der Waals surface area contributed by atoms with E-state index in [9.17, 15) is 19.8 Å². The number of allylic oxidation sites excluding steroid dienone is 4. The fraction of sp³-hybridized carbons (Fsp3) is 0.129. The first-order valence-corrected chi connectivity index (χ1v) is 32.2. The Hall–Kier alpha value is -4.32. The van der Waals surface area contributed by atoms with Crippen molar-refractivity contribution in [1.29, 1.82) is 0 Å². The summed E-state index contributed by atoms with van der Waals surface area (Å²) in [6.07, 6.45) is 2.11. The Labute approximate surface area is 484 Å². The quantitative estimate of drug-likeness (QED) is 0.0357. The number of carbonyl (C=O) groups is 2. The van der Waals surface area contributed by atoms with E-state index in [1.165, 1.54) is 81.9 Å². The standard InChI is InChI=1S/2C25H22P2.2C5H8O2.2CH2Cl2.Ru/c2*1-5-13-22(14-6-1)26(23-15-7-2-8-16-23)21-27(24-17-9-3-10-18-24)25-19-11-4-12-20-25;2*1-4(6)3-5(2)7;2*2-1-3;/h2*1-20H,21H2;2*3,6H,1-2H3;2*1H2;/q;;;;;;+2/b;;2*4-3-;;;. The van der Waals surface area contributed by atoms with E-state index in [4.69, 9.17) is 46.4 Å². The van der Waals surface area contributed by atoms with Crippen molar-refractivity contribution >= 4 is 132 Å². The van der Waals surface area contributed by atoms with Gasteiger partial charge in [-0.05, 0) is 112 Å². The largest absolute Gasteiger partial charge is 2.00 e. The molecule has 0 radical (unpaired) electrons. The number of hydrogen-bond acceptors (Lipinski definition) is 4. The Balaban J connectivity index is 0.000000375. The molecule has 0 aliphatic heterocycles. The second-order valence-electron chi connectivity index (χ2n) is 15.9. The SMILES string of the molecule is CC(=O)/C=C(/C)[O-].CC(=O)/C=C(/C)[O-].ClCCl.ClCCl.[Ru+2].c1ccc(P(C[PH+](c2ccccc2)c2ccccc2)c2ccccc2)cc1.c1ccc(P(C[PH+](c2ccccc2)c2ccccc2)c2ccccc2)cc1. The molecule has 0 saturated heterocycles. The molecular weight excluding hydrogens is 1180 g/mol. The van der Waals surface area contributed by atoms with Crippen molar-refractivity contribution in [3.8, 4) is 0 Å². The van der Waals surface area contributed by atoms with E-state index < -0.39 is 31.7 Å². The van der Waals surface area contributed by atoms with E-state index in [1.807, 2.05) is 0 Å². The van der Waals surface area contributed by atoms with Crippen LogP contribution in [-0.2, 0) is 29.1 Å². The van der Waals surface area contributed by atoms with Gasteiger partial charge in [-0.2, -0.15) is 0 Å². The van der Waals surface area contributed by atoms with Crippen molar-refractivity contribution in [2.45, 2.75) is 27.7 Å². The molecule has 4 nitrogen and oxygen atoms in total. The van der Waals surface area contributed by atoms with Gasteiger partial charge < -0.3 is 10.2 Å². The van der Waals surface area contributed by atoms with Crippen LogP contribution in [0.5, 0.6) is 0 Å². The maximum atomic E-state index is 9.98. The van der Waals surface area contributed by atoms with E-state index in [1.54, 1.807) is 0 Å². The zero-order valence-electron chi connectivity index (χ0n) is 42.5. The normalized spacial score (nSPS) is 10.6. The van der Waals surface area contributed by atoms with Crippen LogP contribution in [-0.4, -0.2) is 34.1 Å². The number of benzene rings is 8. The molecule has 390 valence electrons. The van der Waals surface area contributed by atoms with Gasteiger partial charge in [0.25, 0.3) is 0 Å². The van der Waals surface area contributed by atoms with E-state index in [-0.39, 0.29) is 53.2 Å². The monoisotopic (exact) mass is 1240 g/mol. The minimum absolute atomic E-state index is 0. The van der Waals surface area contributed by atoms with Crippen molar-refractivity contribution in [2.75, 3.05) is 22.5 Å². The van der Waals surface area contributed by atoms with Gasteiger partial charge in [0.15, 0.2) is 11.6 Å². The number of ketones is 2. The zero-order chi connectivity index (χ0) is 53.8. The topological polar surface area (TPSA) is 80.3 Å². The Morgan fingerprint density at radius 1 is 0.360 bits per heavy atom. The molecule has 0 atom stereocenters. The predicted octanol–water partition coefficient (Wildman–Crippen LogP) is 12.4. The fourth-order valence-electron chi connectivity index (χ4n) is 7.24. The second-order valence-corrected chi connectivity index (χ2v) is 28.0. The van der Waals surface area contributed by atoms with E-state index in [2.05, 4.69) is 243 Å². The van der Waals surface area contributed by atoms with Gasteiger partial charge >= 0.3 is 19.5 Å². The molecule has 0 spiro atoms. The van der Waals surface area contributed by atoms with Crippen LogP contribution in [0.15, 0.2) is 266 Å². The van der Waals surface area contributed by atoms with Gasteiger partial charge in [-0.1, -0.05) is 208 Å². The van der Waals surface area contributed by atoms with Crippen LogP contribution in [0.2, 0.25) is 0 Å². The van der Waals surface area contributed by atoms with Gasteiger partial charge in [0.2, 0.25) is 0 Å². The molecule has 0 aliphatic carbocycles. The molecule has 0 aromatic heterocycles. The number of halogens is 4. The summed E-state index contributed by atoms with van der Waals surface area (Å²) >= 11 is 19.1. The first-order chi connectivity index (χ1) is 35.9. The Kier molecular flexibility index (Phi) is 36.4. The van der Waals surface area contributed by atoms with Crippen molar-refractivity contribution in [2.24, 2.45) is 0 Å². The van der Waals surface area contributed by atoms with Crippen LogP contribution < -0.4 is 52.6 Å². The Morgan fingerprint density at radius 2 is 0.520 bits per heavy atom. The first kappa shape index (κ1) is 66.8. The second kappa shape index (κ2) is 40.9. The average molecular weight is 1240 g/mol. The first-order valence-electron chi connectivity index (χ1n) is 23.6. The van der Waals surface area contributed by atoms with Gasteiger partial charge in [0.05, 0.1) is 59.5 Å². The van der Waals surface area contributed by atoms with Gasteiger partial charge in [0, 0.05) is 0 Å². The van der Waals surface area contributed by atoms with Gasteiger partial charge in [-0.3, -0.25) is 9.59 Å². The molecule has 0 N–H and O–H groups in total. The summed E-state index contributed by atoms with van der Waals surface area (Å²) in [4.78, 5) is 20.0. The van der Waals surface area contributed by atoms with Crippen LogP contribution in [0.3, 0.4) is 0 Å². The van der Waals surface area contributed by atoms with E-state index in [0.717, 1.165) is 12.2 Å². The number of carbonyl (C=O) groups excluding carboxylic acids is 2. The molecule has 13 heteroatoms.